The molecule has 0 amide bonds. The van der Waals surface area contributed by atoms with E-state index in [1.165, 1.54) is 17.4 Å². The Morgan fingerprint density at radius 3 is 2.73 bits per heavy atom. The van der Waals surface area contributed by atoms with Gasteiger partial charge in [0.15, 0.2) is 9.84 Å². The van der Waals surface area contributed by atoms with Crippen molar-refractivity contribution in [2.75, 3.05) is 31.3 Å². The molecule has 1 aliphatic heterocycles. The van der Waals surface area contributed by atoms with Crippen LogP contribution < -0.4 is 4.90 Å². The van der Waals surface area contributed by atoms with E-state index in [2.05, 4.69) is 51.0 Å². The first-order valence-corrected chi connectivity index (χ1v) is 12.3. The van der Waals surface area contributed by atoms with Gasteiger partial charge in [0.25, 0.3) is 0 Å². The molecule has 0 N–H and O–H groups in total. The molecule has 1 atom stereocenters. The van der Waals surface area contributed by atoms with E-state index in [1.807, 2.05) is 24.9 Å². The van der Waals surface area contributed by atoms with Crippen LogP contribution in [0.1, 0.15) is 24.5 Å². The van der Waals surface area contributed by atoms with E-state index in [4.69, 9.17) is 0 Å². The Morgan fingerprint density at radius 2 is 2.03 bits per heavy atom. The van der Waals surface area contributed by atoms with Gasteiger partial charge in [0, 0.05) is 45.2 Å². The van der Waals surface area contributed by atoms with E-state index >= 15 is 0 Å². The van der Waals surface area contributed by atoms with Crippen LogP contribution in [0.2, 0.25) is 0 Å². The molecule has 7 nitrogen and oxygen atoms in total. The molecular formula is C22H29N5O2S. The summed E-state index contributed by atoms with van der Waals surface area (Å²) >= 11 is 0. The second kappa shape index (κ2) is 8.00. The van der Waals surface area contributed by atoms with E-state index in [0.717, 1.165) is 48.5 Å². The van der Waals surface area contributed by atoms with Crippen LogP contribution in [0.3, 0.4) is 0 Å². The van der Waals surface area contributed by atoms with Crippen LogP contribution in [0, 0.1) is 0 Å². The summed E-state index contributed by atoms with van der Waals surface area (Å²) in [4.78, 5) is 13.3. The third-order valence-electron chi connectivity index (χ3n) is 6.07. The van der Waals surface area contributed by atoms with Gasteiger partial charge in [0.2, 0.25) is 0 Å². The molecule has 0 aliphatic carbocycles. The summed E-state index contributed by atoms with van der Waals surface area (Å²) in [5.41, 5.74) is 5.54. The number of rotatable bonds is 6. The van der Waals surface area contributed by atoms with E-state index in [9.17, 15) is 8.42 Å². The first-order valence-electron chi connectivity index (χ1n) is 10.3. The fourth-order valence-electron chi connectivity index (χ4n) is 4.22. The Labute approximate surface area is 178 Å². The zero-order valence-electron chi connectivity index (χ0n) is 18.0. The molecule has 1 aromatic carbocycles. The number of hydrogen-bond acceptors (Lipinski definition) is 6. The zero-order chi connectivity index (χ0) is 21.5. The lowest BCUT2D eigenvalue weighted by Crippen LogP contribution is -2.26. The van der Waals surface area contributed by atoms with Crippen molar-refractivity contribution < 1.29 is 8.42 Å². The van der Waals surface area contributed by atoms with Crippen LogP contribution >= 0.6 is 0 Å². The second-order valence-corrected chi connectivity index (χ2v) is 10.6. The number of imidazole rings is 1. The fourth-order valence-corrected chi connectivity index (χ4v) is 5.24. The first-order chi connectivity index (χ1) is 14.3. The zero-order valence-corrected chi connectivity index (χ0v) is 18.9. The number of aryl methyl sites for hydroxylation is 2. The topological polar surface area (TPSA) is 71.3 Å². The minimum absolute atomic E-state index is 0.235. The summed E-state index contributed by atoms with van der Waals surface area (Å²) < 4.78 is 25.7. The monoisotopic (exact) mass is 427 g/mol. The van der Waals surface area contributed by atoms with Crippen molar-refractivity contribution in [3.05, 3.63) is 47.9 Å². The number of hydrogen-bond donors (Lipinski definition) is 0. The highest BCUT2D eigenvalue weighted by molar-refractivity contribution is 7.91. The van der Waals surface area contributed by atoms with Crippen molar-refractivity contribution in [2.24, 2.45) is 7.05 Å². The predicted octanol–water partition coefficient (Wildman–Crippen LogP) is 2.92. The number of anilines is 2. The number of sulfone groups is 1. The number of benzene rings is 1. The highest BCUT2D eigenvalue weighted by Crippen LogP contribution is 2.29. The largest absolute Gasteiger partial charge is 0.334 e. The van der Waals surface area contributed by atoms with Crippen LogP contribution in [0.25, 0.3) is 11.0 Å². The average Bonchev–Trinajstić information content (AvgIpc) is 3.34. The van der Waals surface area contributed by atoms with E-state index in [-0.39, 0.29) is 5.25 Å². The maximum atomic E-state index is 11.8. The summed E-state index contributed by atoms with van der Waals surface area (Å²) in [7, 11) is 1.06. The highest BCUT2D eigenvalue weighted by atomic mass is 32.2. The molecule has 0 radical (unpaired) electrons. The lowest BCUT2D eigenvalue weighted by atomic mass is 10.0. The van der Waals surface area contributed by atoms with Crippen molar-refractivity contribution in [1.82, 2.24) is 19.4 Å². The average molecular weight is 428 g/mol. The smallest absolute Gasteiger partial charge is 0.151 e. The number of pyridine rings is 1. The normalized spacial score (nSPS) is 17.7. The highest BCUT2D eigenvalue weighted by Gasteiger charge is 2.29. The van der Waals surface area contributed by atoms with Crippen LogP contribution in [-0.4, -0.2) is 59.5 Å². The third kappa shape index (κ3) is 4.06. The SMILES string of the molecule is CCc1cc(CN2CCC(S(C)(=O)=O)C2)ccc1N(C)c1cc2c(cn1)ncn2C. The lowest BCUT2D eigenvalue weighted by Gasteiger charge is -2.23. The van der Waals surface area contributed by atoms with Crippen LogP contribution in [0.5, 0.6) is 0 Å². The van der Waals surface area contributed by atoms with Gasteiger partial charge >= 0.3 is 0 Å². The van der Waals surface area contributed by atoms with Gasteiger partial charge < -0.3 is 9.47 Å². The van der Waals surface area contributed by atoms with E-state index in [1.54, 1.807) is 6.33 Å². The summed E-state index contributed by atoms with van der Waals surface area (Å²) in [6, 6.07) is 8.59. The van der Waals surface area contributed by atoms with Gasteiger partial charge in [0.1, 0.15) is 11.3 Å². The molecule has 1 fully saturated rings. The standard InChI is InChI=1S/C22H29N5O2S/c1-5-17-10-16(13-27-9-8-18(14-27)30(4,28)29)6-7-20(17)26(3)22-11-21-19(12-23-22)24-15-25(21)2/h6-7,10-12,15,18H,5,8-9,13-14H2,1-4H3. The molecule has 160 valence electrons. The molecule has 0 saturated carbocycles. The van der Waals surface area contributed by atoms with Gasteiger partial charge in [-0.2, -0.15) is 0 Å². The van der Waals surface area contributed by atoms with Crippen LogP contribution in [0.15, 0.2) is 36.8 Å². The molecule has 0 spiro atoms. The Kier molecular flexibility index (Phi) is 5.55. The molecule has 1 unspecified atom stereocenters. The molecule has 1 saturated heterocycles. The minimum atomic E-state index is -2.97. The van der Waals surface area contributed by atoms with Crippen molar-refractivity contribution in [3.63, 3.8) is 0 Å². The Bertz CT molecular complexity index is 1170. The quantitative estimate of drug-likeness (QED) is 0.602. The Hall–Kier alpha value is -2.45. The Balaban J connectivity index is 1.55. The van der Waals surface area contributed by atoms with E-state index in [0.29, 0.717) is 6.54 Å². The summed E-state index contributed by atoms with van der Waals surface area (Å²) in [6.45, 7) is 4.39. The molecule has 0 bridgehead atoms. The van der Waals surface area contributed by atoms with Gasteiger partial charge in [-0.25, -0.2) is 18.4 Å². The second-order valence-electron chi connectivity index (χ2n) is 8.24. The van der Waals surface area contributed by atoms with Crippen LogP contribution in [-0.2, 0) is 29.9 Å². The molecule has 1 aliphatic rings. The summed E-state index contributed by atoms with van der Waals surface area (Å²) in [5, 5.41) is -0.235. The van der Waals surface area contributed by atoms with Crippen molar-refractivity contribution in [3.8, 4) is 0 Å². The fraction of sp³-hybridized carbons (Fsp3) is 0.455. The predicted molar refractivity (Wildman–Crippen MR) is 121 cm³/mol. The molecular weight excluding hydrogens is 398 g/mol. The molecule has 2 aromatic heterocycles. The van der Waals surface area contributed by atoms with Crippen molar-refractivity contribution in [1.29, 1.82) is 0 Å². The maximum absolute atomic E-state index is 11.8. The van der Waals surface area contributed by atoms with Crippen molar-refractivity contribution in [2.45, 2.75) is 31.6 Å². The summed E-state index contributed by atoms with van der Waals surface area (Å²) in [5.74, 6) is 0.879. The number of likely N-dealkylation sites (tertiary alicyclic amines) is 1. The third-order valence-corrected chi connectivity index (χ3v) is 7.66. The molecule has 3 aromatic rings. The summed E-state index contributed by atoms with van der Waals surface area (Å²) in [6.07, 6.45) is 6.59. The molecule has 4 rings (SSSR count). The van der Waals surface area contributed by atoms with E-state index < -0.39 is 9.84 Å². The molecule has 8 heteroatoms. The minimum Gasteiger partial charge on any atom is -0.334 e. The number of fused-ring (bicyclic) bond motifs is 1. The van der Waals surface area contributed by atoms with Gasteiger partial charge in [0.05, 0.1) is 23.3 Å². The van der Waals surface area contributed by atoms with Gasteiger partial charge in [-0.1, -0.05) is 19.1 Å². The first kappa shape index (κ1) is 20.8. The molecule has 30 heavy (non-hydrogen) atoms. The number of aromatic nitrogens is 3. The van der Waals surface area contributed by atoms with Crippen molar-refractivity contribution >= 4 is 32.4 Å². The van der Waals surface area contributed by atoms with Gasteiger partial charge in [-0.05, 0) is 36.6 Å². The van der Waals surface area contributed by atoms with Gasteiger partial charge in [-0.15, -0.1) is 0 Å². The maximum Gasteiger partial charge on any atom is 0.151 e. The molecule has 3 heterocycles. The van der Waals surface area contributed by atoms with Gasteiger partial charge in [-0.3, -0.25) is 4.90 Å². The lowest BCUT2D eigenvalue weighted by molar-refractivity contribution is 0.331. The number of nitrogens with zero attached hydrogens (tertiary/aromatic N) is 5. The van der Waals surface area contributed by atoms with Crippen LogP contribution in [0.4, 0.5) is 11.5 Å². The Morgan fingerprint density at radius 1 is 1.23 bits per heavy atom.